The lowest BCUT2D eigenvalue weighted by Crippen LogP contribution is -2.49. The molecule has 4 aliphatic carbocycles. The molecule has 21 heavy (non-hydrogen) atoms. The molecule has 0 saturated heterocycles. The van der Waals surface area contributed by atoms with E-state index in [0.29, 0.717) is 17.8 Å². The average Bonchev–Trinajstić information content (AvgIpc) is 3.25. The highest BCUT2D eigenvalue weighted by Crippen LogP contribution is 2.58. The summed E-state index contributed by atoms with van der Waals surface area (Å²) >= 11 is 0. The first-order valence-electron chi connectivity index (χ1n) is 9.48. The third-order valence-electron chi connectivity index (χ3n) is 7.79. The molecule has 0 aromatic rings. The molecule has 0 spiro atoms. The molecule has 0 amide bonds. The van der Waals surface area contributed by atoms with Crippen LogP contribution in [-0.2, 0) is 4.74 Å². The van der Waals surface area contributed by atoms with Gasteiger partial charge in [-0.25, -0.2) is 0 Å². The maximum absolute atomic E-state index is 10.8. The number of hydrogen-bond donors (Lipinski definition) is 1. The van der Waals surface area contributed by atoms with Crippen molar-refractivity contribution in [1.29, 1.82) is 0 Å². The number of aliphatic hydroxyl groups excluding tert-OH is 1. The average molecular weight is 292 g/mol. The van der Waals surface area contributed by atoms with Crippen molar-refractivity contribution < 1.29 is 9.84 Å². The molecule has 8 atom stereocenters. The van der Waals surface area contributed by atoms with Crippen LogP contribution < -0.4 is 0 Å². The van der Waals surface area contributed by atoms with E-state index in [2.05, 4.69) is 13.8 Å². The van der Waals surface area contributed by atoms with E-state index >= 15 is 0 Å². The van der Waals surface area contributed by atoms with Crippen molar-refractivity contribution in [3.05, 3.63) is 0 Å². The van der Waals surface area contributed by atoms with Gasteiger partial charge in [-0.2, -0.15) is 0 Å². The van der Waals surface area contributed by atoms with Crippen LogP contribution >= 0.6 is 0 Å². The molecule has 0 aromatic carbocycles. The molecule has 0 aliphatic heterocycles. The second-order valence-electron chi connectivity index (χ2n) is 8.69. The maximum Gasteiger partial charge on any atom is 0.158 e. The third kappa shape index (κ3) is 2.20. The SMILES string of the molecule is CCC(C)C1(OC(O)C2CC3CCC2C3)CC2CCC1C2. The Morgan fingerprint density at radius 2 is 1.90 bits per heavy atom. The molecule has 0 aromatic heterocycles. The van der Waals surface area contributed by atoms with E-state index in [1.165, 1.54) is 57.8 Å². The van der Waals surface area contributed by atoms with Gasteiger partial charge < -0.3 is 9.84 Å². The fraction of sp³-hybridized carbons (Fsp3) is 1.00. The van der Waals surface area contributed by atoms with Crippen molar-refractivity contribution >= 4 is 0 Å². The van der Waals surface area contributed by atoms with Crippen LogP contribution in [0, 0.1) is 35.5 Å². The van der Waals surface area contributed by atoms with Crippen molar-refractivity contribution in [2.75, 3.05) is 0 Å². The zero-order chi connectivity index (χ0) is 14.6. The normalized spacial score (nSPS) is 50.7. The van der Waals surface area contributed by atoms with Gasteiger partial charge >= 0.3 is 0 Å². The Morgan fingerprint density at radius 3 is 2.43 bits per heavy atom. The fourth-order valence-corrected chi connectivity index (χ4v) is 6.49. The predicted octanol–water partition coefficient (Wildman–Crippen LogP) is 4.36. The maximum atomic E-state index is 10.8. The minimum atomic E-state index is -0.492. The highest BCUT2D eigenvalue weighted by atomic mass is 16.6. The van der Waals surface area contributed by atoms with Crippen LogP contribution in [-0.4, -0.2) is 17.0 Å². The van der Waals surface area contributed by atoms with Gasteiger partial charge in [0, 0.05) is 5.92 Å². The van der Waals surface area contributed by atoms with Gasteiger partial charge in [0.1, 0.15) is 0 Å². The molecule has 1 N–H and O–H groups in total. The Bertz CT molecular complexity index is 395. The number of aliphatic hydroxyl groups is 1. The van der Waals surface area contributed by atoms with Crippen LogP contribution in [0.4, 0.5) is 0 Å². The first kappa shape index (κ1) is 14.5. The summed E-state index contributed by atoms with van der Waals surface area (Å²) in [6.07, 6.45) is 11.3. The van der Waals surface area contributed by atoms with Crippen molar-refractivity contribution in [3.8, 4) is 0 Å². The standard InChI is InChI=1S/C19H32O2/c1-3-12(2)19(11-14-5-7-16(19)9-14)21-18(20)17-10-13-4-6-15(17)8-13/h12-18,20H,3-11H2,1-2H3. The Balaban J connectivity index is 1.50. The largest absolute Gasteiger partial charge is 0.368 e. The summed E-state index contributed by atoms with van der Waals surface area (Å²) in [5, 5.41) is 10.8. The zero-order valence-electron chi connectivity index (χ0n) is 13.8. The smallest absolute Gasteiger partial charge is 0.158 e. The van der Waals surface area contributed by atoms with E-state index in [1.54, 1.807) is 0 Å². The van der Waals surface area contributed by atoms with E-state index in [4.69, 9.17) is 4.74 Å². The van der Waals surface area contributed by atoms with E-state index in [9.17, 15) is 5.11 Å². The summed E-state index contributed by atoms with van der Waals surface area (Å²) < 4.78 is 6.58. The summed E-state index contributed by atoms with van der Waals surface area (Å²) in [5.74, 6) is 4.24. The van der Waals surface area contributed by atoms with Crippen molar-refractivity contribution in [2.45, 2.75) is 83.5 Å². The topological polar surface area (TPSA) is 29.5 Å². The van der Waals surface area contributed by atoms with Gasteiger partial charge in [-0.1, -0.05) is 26.7 Å². The molecule has 4 saturated carbocycles. The molecule has 4 rings (SSSR count). The molecular formula is C19H32O2. The molecule has 2 nitrogen and oxygen atoms in total. The number of fused-ring (bicyclic) bond motifs is 4. The van der Waals surface area contributed by atoms with Gasteiger partial charge in [-0.05, 0) is 74.5 Å². The highest BCUT2D eigenvalue weighted by molar-refractivity contribution is 5.05. The first-order chi connectivity index (χ1) is 10.1. The fourth-order valence-electron chi connectivity index (χ4n) is 6.49. The van der Waals surface area contributed by atoms with Gasteiger partial charge in [0.05, 0.1) is 5.60 Å². The number of hydrogen-bond acceptors (Lipinski definition) is 2. The van der Waals surface area contributed by atoms with Gasteiger partial charge in [0.2, 0.25) is 0 Å². The molecule has 4 fully saturated rings. The lowest BCUT2D eigenvalue weighted by Gasteiger charge is -2.45. The van der Waals surface area contributed by atoms with Gasteiger partial charge in [-0.15, -0.1) is 0 Å². The quantitative estimate of drug-likeness (QED) is 0.763. The lowest BCUT2D eigenvalue weighted by atomic mass is 9.74. The van der Waals surface area contributed by atoms with Crippen LogP contribution in [0.15, 0.2) is 0 Å². The van der Waals surface area contributed by atoms with Crippen molar-refractivity contribution in [3.63, 3.8) is 0 Å². The molecular weight excluding hydrogens is 260 g/mol. The Labute approximate surface area is 129 Å². The summed E-state index contributed by atoms with van der Waals surface area (Å²) in [6.45, 7) is 4.64. The minimum absolute atomic E-state index is 0.00107. The van der Waals surface area contributed by atoms with Crippen LogP contribution in [0.5, 0.6) is 0 Å². The molecule has 8 unspecified atom stereocenters. The van der Waals surface area contributed by atoms with Crippen LogP contribution in [0.2, 0.25) is 0 Å². The third-order valence-corrected chi connectivity index (χ3v) is 7.79. The Hall–Kier alpha value is -0.0800. The monoisotopic (exact) mass is 292 g/mol. The highest BCUT2D eigenvalue weighted by Gasteiger charge is 2.56. The molecule has 0 heterocycles. The van der Waals surface area contributed by atoms with Crippen LogP contribution in [0.1, 0.15) is 71.6 Å². The predicted molar refractivity (Wildman–Crippen MR) is 83.7 cm³/mol. The molecule has 0 radical (unpaired) electrons. The number of rotatable bonds is 5. The Kier molecular flexibility index (Phi) is 3.61. The van der Waals surface area contributed by atoms with E-state index in [0.717, 1.165) is 17.8 Å². The second kappa shape index (κ2) is 5.23. The summed E-state index contributed by atoms with van der Waals surface area (Å²) in [6, 6.07) is 0. The molecule has 120 valence electrons. The van der Waals surface area contributed by atoms with Gasteiger partial charge in [0.25, 0.3) is 0 Å². The summed E-state index contributed by atoms with van der Waals surface area (Å²) in [4.78, 5) is 0. The van der Waals surface area contributed by atoms with Gasteiger partial charge in [0.15, 0.2) is 6.29 Å². The molecule has 4 aliphatic rings. The minimum Gasteiger partial charge on any atom is -0.368 e. The summed E-state index contributed by atoms with van der Waals surface area (Å²) in [7, 11) is 0. The Morgan fingerprint density at radius 1 is 1.10 bits per heavy atom. The first-order valence-corrected chi connectivity index (χ1v) is 9.48. The molecule has 2 heteroatoms. The van der Waals surface area contributed by atoms with E-state index < -0.39 is 6.29 Å². The summed E-state index contributed by atoms with van der Waals surface area (Å²) in [5.41, 5.74) is -0.00107. The second-order valence-corrected chi connectivity index (χ2v) is 8.69. The lowest BCUT2D eigenvalue weighted by molar-refractivity contribution is -0.248. The molecule has 4 bridgehead atoms. The van der Waals surface area contributed by atoms with Crippen molar-refractivity contribution in [2.24, 2.45) is 35.5 Å². The van der Waals surface area contributed by atoms with Crippen LogP contribution in [0.25, 0.3) is 0 Å². The van der Waals surface area contributed by atoms with Crippen molar-refractivity contribution in [1.82, 2.24) is 0 Å². The number of ether oxygens (including phenoxy) is 1. The zero-order valence-corrected chi connectivity index (χ0v) is 13.8. The van der Waals surface area contributed by atoms with Crippen LogP contribution in [0.3, 0.4) is 0 Å². The van der Waals surface area contributed by atoms with Gasteiger partial charge in [-0.3, -0.25) is 0 Å². The van der Waals surface area contributed by atoms with E-state index in [-0.39, 0.29) is 5.60 Å². The van der Waals surface area contributed by atoms with E-state index in [1.807, 2.05) is 0 Å².